The third kappa shape index (κ3) is 2.85. The van der Waals surface area contributed by atoms with E-state index in [1.165, 1.54) is 6.07 Å². The predicted molar refractivity (Wildman–Crippen MR) is 104 cm³/mol. The van der Waals surface area contributed by atoms with Crippen molar-refractivity contribution < 1.29 is 14.7 Å². The molecule has 2 amide bonds. The third-order valence-electron chi connectivity index (χ3n) is 6.20. The molecule has 0 aliphatic carbocycles. The minimum atomic E-state index is -0.438. The van der Waals surface area contributed by atoms with Gasteiger partial charge in [-0.2, -0.15) is 0 Å². The number of imidazole rings is 1. The van der Waals surface area contributed by atoms with Crippen molar-refractivity contribution in [1.82, 2.24) is 19.8 Å². The smallest absolute Gasteiger partial charge is 0.253 e. The van der Waals surface area contributed by atoms with E-state index < -0.39 is 5.54 Å². The van der Waals surface area contributed by atoms with Gasteiger partial charge in [0.2, 0.25) is 5.91 Å². The monoisotopic (exact) mass is 382 g/mol. The Morgan fingerprint density at radius 2 is 2.00 bits per heavy atom. The number of phenolic OH excluding ortho intramolecular Hbond substituents is 1. The van der Waals surface area contributed by atoms with Crippen molar-refractivity contribution in [2.24, 2.45) is 0 Å². The number of hydrogen-bond donors (Lipinski definition) is 2. The second-order valence-electron chi connectivity index (χ2n) is 7.70. The molecule has 2 aliphatic heterocycles. The van der Waals surface area contributed by atoms with Crippen molar-refractivity contribution >= 4 is 11.8 Å². The Kier molecular flexibility index (Phi) is 4.61. The summed E-state index contributed by atoms with van der Waals surface area (Å²) in [6, 6.07) is 5.04. The highest BCUT2D eigenvalue weighted by Gasteiger charge is 2.48. The number of aryl methyl sites for hydroxylation is 1. The Balaban J connectivity index is 1.58. The van der Waals surface area contributed by atoms with Crippen LogP contribution in [0.5, 0.6) is 5.75 Å². The number of fused-ring (bicyclic) bond motifs is 2. The fourth-order valence-corrected chi connectivity index (χ4v) is 4.54. The maximum atomic E-state index is 12.9. The summed E-state index contributed by atoms with van der Waals surface area (Å²) in [5, 5.41) is 9.93. The van der Waals surface area contributed by atoms with Gasteiger partial charge >= 0.3 is 0 Å². The summed E-state index contributed by atoms with van der Waals surface area (Å²) in [6.07, 6.45) is 4.29. The van der Waals surface area contributed by atoms with E-state index >= 15 is 0 Å². The molecule has 0 saturated carbocycles. The van der Waals surface area contributed by atoms with Crippen LogP contribution < -0.4 is 0 Å². The first-order valence-electron chi connectivity index (χ1n) is 9.88. The lowest BCUT2D eigenvalue weighted by atomic mass is 9.78. The molecule has 7 heteroatoms. The molecule has 2 aliphatic rings. The summed E-state index contributed by atoms with van der Waals surface area (Å²) >= 11 is 0. The molecule has 0 unspecified atom stereocenters. The molecule has 148 valence electrons. The number of carbonyl (C=O) groups is 2. The number of rotatable bonds is 2. The number of amides is 2. The molecule has 1 aromatic heterocycles. The molecule has 2 N–H and O–H groups in total. The van der Waals surface area contributed by atoms with Crippen LogP contribution in [0.2, 0.25) is 0 Å². The lowest BCUT2D eigenvalue weighted by molar-refractivity contribution is -0.141. The standard InChI is InChI=1S/C21H26N4O3/c1-3-18(27)25-9-6-16-19(23-13-22-16)21(25)7-10-24(11-8-21)20(28)15-5-4-14(2)17(26)12-15/h4-5,12-13,26H,3,6-11H2,1-2H3,(H,22,23). The number of carbonyl (C=O) groups excluding carboxylic acids is 2. The lowest BCUT2D eigenvalue weighted by Gasteiger charge is -2.50. The zero-order valence-electron chi connectivity index (χ0n) is 16.4. The molecule has 3 heterocycles. The van der Waals surface area contributed by atoms with Crippen molar-refractivity contribution in [3.05, 3.63) is 47.0 Å². The van der Waals surface area contributed by atoms with Crippen LogP contribution in [0.3, 0.4) is 0 Å². The molecule has 1 aromatic carbocycles. The van der Waals surface area contributed by atoms with Crippen LogP contribution in [-0.2, 0) is 16.8 Å². The van der Waals surface area contributed by atoms with Crippen molar-refractivity contribution in [2.75, 3.05) is 19.6 Å². The van der Waals surface area contributed by atoms with Gasteiger partial charge in [0.15, 0.2) is 0 Å². The van der Waals surface area contributed by atoms with Gasteiger partial charge in [-0.25, -0.2) is 4.98 Å². The highest BCUT2D eigenvalue weighted by molar-refractivity contribution is 5.94. The number of piperidine rings is 1. The Bertz CT molecular complexity index is 912. The van der Waals surface area contributed by atoms with Gasteiger partial charge in [-0.05, 0) is 37.5 Å². The van der Waals surface area contributed by atoms with E-state index in [2.05, 4.69) is 9.97 Å². The average molecular weight is 382 g/mol. The Labute approximate surface area is 164 Å². The summed E-state index contributed by atoms with van der Waals surface area (Å²) < 4.78 is 0. The second-order valence-corrected chi connectivity index (χ2v) is 7.70. The Hall–Kier alpha value is -2.83. The summed E-state index contributed by atoms with van der Waals surface area (Å²) in [7, 11) is 0. The van der Waals surface area contributed by atoms with E-state index in [0.717, 1.165) is 23.4 Å². The average Bonchev–Trinajstić information content (AvgIpc) is 3.20. The van der Waals surface area contributed by atoms with Gasteiger partial charge in [0.25, 0.3) is 5.91 Å². The van der Waals surface area contributed by atoms with Gasteiger partial charge in [0, 0.05) is 43.7 Å². The number of hydrogen-bond acceptors (Lipinski definition) is 4. The number of aromatic amines is 1. The quantitative estimate of drug-likeness (QED) is 0.834. The van der Waals surface area contributed by atoms with Crippen molar-refractivity contribution in [3.8, 4) is 5.75 Å². The van der Waals surface area contributed by atoms with Gasteiger partial charge in [-0.1, -0.05) is 13.0 Å². The fourth-order valence-electron chi connectivity index (χ4n) is 4.54. The van der Waals surface area contributed by atoms with Crippen LogP contribution in [0.15, 0.2) is 24.5 Å². The molecule has 4 rings (SSSR count). The van der Waals surface area contributed by atoms with Gasteiger partial charge in [0.1, 0.15) is 5.75 Å². The minimum absolute atomic E-state index is 0.0865. The number of nitrogens with zero attached hydrogens (tertiary/aromatic N) is 3. The molecule has 2 aromatic rings. The van der Waals surface area contributed by atoms with E-state index in [1.807, 2.05) is 16.7 Å². The van der Waals surface area contributed by atoms with E-state index in [1.54, 1.807) is 25.4 Å². The van der Waals surface area contributed by atoms with E-state index in [9.17, 15) is 14.7 Å². The third-order valence-corrected chi connectivity index (χ3v) is 6.20. The summed E-state index contributed by atoms with van der Waals surface area (Å²) in [6.45, 7) is 5.47. The molecule has 1 saturated heterocycles. The topological polar surface area (TPSA) is 89.5 Å². The van der Waals surface area contributed by atoms with E-state index in [4.69, 9.17) is 0 Å². The second kappa shape index (κ2) is 6.96. The SMILES string of the molecule is CCC(=O)N1CCc2[nH]cnc2C12CCN(C(=O)c1ccc(C)c(O)c1)CC2. The van der Waals surface area contributed by atoms with Crippen molar-refractivity contribution in [2.45, 2.75) is 45.1 Å². The molecular formula is C21H26N4O3. The maximum Gasteiger partial charge on any atom is 0.253 e. The van der Waals surface area contributed by atoms with Crippen molar-refractivity contribution in [3.63, 3.8) is 0 Å². The normalized spacial score (nSPS) is 18.2. The first-order chi connectivity index (χ1) is 13.5. The number of aromatic hydroxyl groups is 1. The molecular weight excluding hydrogens is 356 g/mol. The van der Waals surface area contributed by atoms with Crippen LogP contribution >= 0.6 is 0 Å². The van der Waals surface area contributed by atoms with E-state index in [0.29, 0.717) is 44.5 Å². The Morgan fingerprint density at radius 1 is 1.25 bits per heavy atom. The fraction of sp³-hybridized carbons (Fsp3) is 0.476. The molecule has 28 heavy (non-hydrogen) atoms. The van der Waals surface area contributed by atoms with Gasteiger partial charge < -0.3 is 19.9 Å². The van der Waals surface area contributed by atoms with Crippen LogP contribution in [0.1, 0.15) is 53.5 Å². The summed E-state index contributed by atoms with van der Waals surface area (Å²) in [4.78, 5) is 37.1. The molecule has 1 fully saturated rings. The maximum absolute atomic E-state index is 12.9. The molecule has 1 spiro atoms. The molecule has 0 atom stereocenters. The number of benzene rings is 1. The van der Waals surface area contributed by atoms with Gasteiger partial charge in [-0.15, -0.1) is 0 Å². The number of aromatic nitrogens is 2. The predicted octanol–water partition coefficient (Wildman–Crippen LogP) is 2.35. The molecule has 7 nitrogen and oxygen atoms in total. The highest BCUT2D eigenvalue weighted by atomic mass is 16.3. The first-order valence-corrected chi connectivity index (χ1v) is 9.88. The van der Waals surface area contributed by atoms with E-state index in [-0.39, 0.29) is 17.6 Å². The number of likely N-dealkylation sites (tertiary alicyclic amines) is 1. The summed E-state index contributed by atoms with van der Waals surface area (Å²) in [5.74, 6) is 0.181. The number of H-pyrrole nitrogens is 1. The van der Waals surface area contributed by atoms with Crippen LogP contribution in [0, 0.1) is 6.92 Å². The van der Waals surface area contributed by atoms with Crippen LogP contribution in [-0.4, -0.2) is 56.3 Å². The zero-order chi connectivity index (χ0) is 19.9. The van der Waals surface area contributed by atoms with Crippen LogP contribution in [0.25, 0.3) is 0 Å². The van der Waals surface area contributed by atoms with Crippen LogP contribution in [0.4, 0.5) is 0 Å². The van der Waals surface area contributed by atoms with Gasteiger partial charge in [0.05, 0.1) is 17.6 Å². The Morgan fingerprint density at radius 3 is 2.68 bits per heavy atom. The molecule has 0 radical (unpaired) electrons. The number of nitrogens with one attached hydrogen (secondary N) is 1. The zero-order valence-corrected chi connectivity index (χ0v) is 16.4. The first kappa shape index (κ1) is 18.5. The lowest BCUT2D eigenvalue weighted by Crippen LogP contribution is -2.58. The largest absolute Gasteiger partial charge is 0.508 e. The highest BCUT2D eigenvalue weighted by Crippen LogP contribution is 2.42. The van der Waals surface area contributed by atoms with Crippen molar-refractivity contribution in [1.29, 1.82) is 0 Å². The molecule has 0 bridgehead atoms. The summed E-state index contributed by atoms with van der Waals surface area (Å²) in [5.41, 5.74) is 2.86. The minimum Gasteiger partial charge on any atom is -0.508 e. The van der Waals surface area contributed by atoms with Gasteiger partial charge in [-0.3, -0.25) is 9.59 Å². The number of phenols is 1.